The highest BCUT2D eigenvalue weighted by Gasteiger charge is 2.31. The van der Waals surface area contributed by atoms with Crippen molar-refractivity contribution in [1.82, 2.24) is 4.98 Å². The Morgan fingerprint density at radius 1 is 0.941 bits per heavy atom. The zero-order valence-corrected chi connectivity index (χ0v) is 18.8. The van der Waals surface area contributed by atoms with Gasteiger partial charge in [0.15, 0.2) is 10.9 Å². The molecule has 1 aromatic heterocycles. The van der Waals surface area contributed by atoms with Crippen LogP contribution < -0.4 is 5.32 Å². The summed E-state index contributed by atoms with van der Waals surface area (Å²) in [7, 11) is 0. The monoisotopic (exact) mass is 484 g/mol. The normalized spacial score (nSPS) is 14.6. The molecule has 1 heterocycles. The number of carbonyl (C=O) groups is 1. The summed E-state index contributed by atoms with van der Waals surface area (Å²) in [6.07, 6.45) is -0.369. The van der Waals surface area contributed by atoms with Gasteiger partial charge in [-0.1, -0.05) is 54.5 Å². The van der Waals surface area contributed by atoms with Crippen LogP contribution in [0.2, 0.25) is 0 Å². The van der Waals surface area contributed by atoms with Gasteiger partial charge in [-0.2, -0.15) is 13.2 Å². The lowest BCUT2D eigenvalue weighted by atomic mass is 9.94. The molecule has 1 aliphatic rings. The molecule has 5 rings (SSSR count). The molecule has 174 valence electrons. The number of nitrogens with zero attached hydrogens (tertiary/aromatic N) is 1. The van der Waals surface area contributed by atoms with Crippen LogP contribution in [-0.2, 0) is 6.18 Å². The van der Waals surface area contributed by atoms with E-state index in [4.69, 9.17) is 0 Å². The van der Waals surface area contributed by atoms with E-state index in [-0.39, 0.29) is 22.9 Å². The van der Waals surface area contributed by atoms with Crippen LogP contribution in [0.5, 0.6) is 0 Å². The number of rotatable bonds is 5. The molecule has 1 N–H and O–H groups in total. The molecule has 3 nitrogen and oxygen atoms in total. The minimum absolute atomic E-state index is 0.108. The van der Waals surface area contributed by atoms with E-state index < -0.39 is 17.6 Å². The fourth-order valence-electron chi connectivity index (χ4n) is 4.32. The maximum absolute atomic E-state index is 14.8. The first-order valence-corrected chi connectivity index (χ1v) is 11.8. The predicted octanol–water partition coefficient (Wildman–Crippen LogP) is 8.24. The number of nitrogens with one attached hydrogen (secondary N) is 1. The number of anilines is 2. The van der Waals surface area contributed by atoms with Gasteiger partial charge in [-0.05, 0) is 54.3 Å². The van der Waals surface area contributed by atoms with Gasteiger partial charge >= 0.3 is 6.18 Å². The van der Waals surface area contributed by atoms with Crippen molar-refractivity contribution < 1.29 is 22.4 Å². The molecule has 0 bridgehead atoms. The van der Waals surface area contributed by atoms with Crippen LogP contribution in [-0.4, -0.2) is 10.8 Å². The van der Waals surface area contributed by atoms with Gasteiger partial charge < -0.3 is 5.32 Å². The number of hydrogen-bond donors (Lipinski definition) is 1. The Morgan fingerprint density at radius 2 is 1.65 bits per heavy atom. The Balaban J connectivity index is 1.33. The number of halogens is 4. The average Bonchev–Trinajstić information content (AvgIpc) is 3.49. The molecule has 1 aliphatic carbocycles. The second-order valence-electron chi connectivity index (χ2n) is 8.44. The SMILES string of the molecule is O=C(c1ccc(-c2ccc(Nc3nc4cc(C(F)(F)F)ccc4s3)c(F)c2)cc1)C1CCCC1. The second kappa shape index (κ2) is 8.83. The summed E-state index contributed by atoms with van der Waals surface area (Å²) in [4.78, 5) is 16.7. The molecule has 0 saturated heterocycles. The number of thiazole rings is 1. The van der Waals surface area contributed by atoms with Crippen LogP contribution in [0, 0.1) is 11.7 Å². The Kier molecular flexibility index (Phi) is 5.85. The maximum Gasteiger partial charge on any atom is 0.416 e. The highest BCUT2D eigenvalue weighted by molar-refractivity contribution is 7.22. The first-order valence-electron chi connectivity index (χ1n) is 11.0. The molecule has 0 atom stereocenters. The predicted molar refractivity (Wildman–Crippen MR) is 126 cm³/mol. The molecule has 8 heteroatoms. The zero-order chi connectivity index (χ0) is 23.9. The summed E-state index contributed by atoms with van der Waals surface area (Å²) < 4.78 is 54.2. The minimum Gasteiger partial charge on any atom is -0.329 e. The van der Waals surface area contributed by atoms with Crippen LogP contribution >= 0.6 is 11.3 Å². The Hall–Kier alpha value is -3.26. The van der Waals surface area contributed by atoms with E-state index >= 15 is 0 Å². The molecular weight excluding hydrogens is 464 g/mol. The van der Waals surface area contributed by atoms with Crippen LogP contribution in [0.15, 0.2) is 60.7 Å². The van der Waals surface area contributed by atoms with E-state index in [2.05, 4.69) is 10.3 Å². The molecule has 0 radical (unpaired) electrons. The molecular formula is C26H20F4N2OS. The van der Waals surface area contributed by atoms with Crippen LogP contribution in [0.25, 0.3) is 21.3 Å². The molecule has 34 heavy (non-hydrogen) atoms. The largest absolute Gasteiger partial charge is 0.416 e. The van der Waals surface area contributed by atoms with Gasteiger partial charge in [0, 0.05) is 11.5 Å². The summed E-state index contributed by atoms with van der Waals surface area (Å²) in [6, 6.07) is 15.2. The number of alkyl halides is 3. The van der Waals surface area contributed by atoms with Gasteiger partial charge in [0.05, 0.1) is 21.5 Å². The smallest absolute Gasteiger partial charge is 0.329 e. The van der Waals surface area contributed by atoms with Crippen molar-refractivity contribution in [2.24, 2.45) is 5.92 Å². The third-order valence-electron chi connectivity index (χ3n) is 6.15. The lowest BCUT2D eigenvalue weighted by Crippen LogP contribution is -2.10. The van der Waals surface area contributed by atoms with E-state index in [1.54, 1.807) is 24.3 Å². The molecule has 1 saturated carbocycles. The molecule has 3 aromatic carbocycles. The summed E-state index contributed by atoms with van der Waals surface area (Å²) in [5, 5.41) is 3.16. The fraction of sp³-hybridized carbons (Fsp3) is 0.231. The van der Waals surface area contributed by atoms with Crippen molar-refractivity contribution in [2.45, 2.75) is 31.9 Å². The molecule has 0 spiro atoms. The van der Waals surface area contributed by atoms with Crippen molar-refractivity contribution in [3.05, 3.63) is 77.6 Å². The van der Waals surface area contributed by atoms with E-state index in [0.29, 0.717) is 21.0 Å². The summed E-state index contributed by atoms with van der Waals surface area (Å²) >= 11 is 1.15. The summed E-state index contributed by atoms with van der Waals surface area (Å²) in [5.41, 5.74) is 1.72. The van der Waals surface area contributed by atoms with Crippen molar-refractivity contribution in [3.63, 3.8) is 0 Å². The first-order chi connectivity index (χ1) is 16.3. The standard InChI is InChI=1S/C26H20F4N2OS/c27-20-13-18(15-5-7-17(8-6-15)24(33)16-3-1-2-4-16)9-11-21(20)31-25-32-22-14-19(26(28,29)30)10-12-23(22)34-25/h5-14,16H,1-4H2,(H,31,32). The van der Waals surface area contributed by atoms with Gasteiger partial charge in [0.1, 0.15) is 5.82 Å². The van der Waals surface area contributed by atoms with Crippen molar-refractivity contribution in [1.29, 1.82) is 0 Å². The minimum atomic E-state index is -4.45. The summed E-state index contributed by atoms with van der Waals surface area (Å²) in [5.74, 6) is -0.233. The molecule has 4 aromatic rings. The highest BCUT2D eigenvalue weighted by atomic mass is 32.1. The third kappa shape index (κ3) is 4.55. The van der Waals surface area contributed by atoms with E-state index in [9.17, 15) is 22.4 Å². The lowest BCUT2D eigenvalue weighted by molar-refractivity contribution is -0.137. The topological polar surface area (TPSA) is 42.0 Å². The number of benzene rings is 3. The number of ketones is 1. The number of aromatic nitrogens is 1. The van der Waals surface area contributed by atoms with Gasteiger partial charge in [-0.3, -0.25) is 4.79 Å². The number of fused-ring (bicyclic) bond motifs is 1. The zero-order valence-electron chi connectivity index (χ0n) is 18.0. The van der Waals surface area contributed by atoms with Gasteiger partial charge in [0.25, 0.3) is 0 Å². The summed E-state index contributed by atoms with van der Waals surface area (Å²) in [6.45, 7) is 0. The lowest BCUT2D eigenvalue weighted by Gasteiger charge is -2.10. The van der Waals surface area contributed by atoms with Gasteiger partial charge in [-0.15, -0.1) is 0 Å². The Morgan fingerprint density at radius 3 is 2.32 bits per heavy atom. The highest BCUT2D eigenvalue weighted by Crippen LogP contribution is 2.35. The van der Waals surface area contributed by atoms with Crippen LogP contribution in [0.4, 0.5) is 28.4 Å². The van der Waals surface area contributed by atoms with Crippen molar-refractivity contribution in [3.8, 4) is 11.1 Å². The molecule has 0 aliphatic heterocycles. The number of carbonyl (C=O) groups excluding carboxylic acids is 1. The maximum atomic E-state index is 14.8. The van der Waals surface area contributed by atoms with Crippen LogP contribution in [0.3, 0.4) is 0 Å². The van der Waals surface area contributed by atoms with Gasteiger partial charge in [-0.25, -0.2) is 9.37 Å². The van der Waals surface area contributed by atoms with Gasteiger partial charge in [0.2, 0.25) is 0 Å². The molecule has 0 unspecified atom stereocenters. The van der Waals surface area contributed by atoms with E-state index in [1.165, 1.54) is 12.1 Å². The van der Waals surface area contributed by atoms with E-state index in [0.717, 1.165) is 54.7 Å². The fourth-order valence-corrected chi connectivity index (χ4v) is 5.18. The van der Waals surface area contributed by atoms with E-state index in [1.807, 2.05) is 12.1 Å². The Bertz CT molecular complexity index is 1360. The Labute approximate surface area is 197 Å². The van der Waals surface area contributed by atoms with Crippen molar-refractivity contribution in [2.75, 3.05) is 5.32 Å². The molecule has 1 fully saturated rings. The van der Waals surface area contributed by atoms with Crippen molar-refractivity contribution >= 4 is 38.2 Å². The number of hydrogen-bond acceptors (Lipinski definition) is 4. The average molecular weight is 485 g/mol. The molecule has 0 amide bonds. The first kappa shape index (κ1) is 22.5. The number of Topliss-reactive ketones (excluding diaryl/α,β-unsaturated/α-hetero) is 1. The third-order valence-corrected chi connectivity index (χ3v) is 7.11. The quantitative estimate of drug-likeness (QED) is 0.229. The van der Waals surface area contributed by atoms with Crippen LogP contribution in [0.1, 0.15) is 41.6 Å². The second-order valence-corrected chi connectivity index (χ2v) is 9.47.